The fourth-order valence-corrected chi connectivity index (χ4v) is 7.15. The molecule has 214 valence electrons. The molecule has 3 heterocycles. The highest BCUT2D eigenvalue weighted by molar-refractivity contribution is 6.37. The van der Waals surface area contributed by atoms with Crippen molar-refractivity contribution in [3.8, 4) is 39.9 Å². The molecule has 1 N–H and O–H groups in total. The average Bonchev–Trinajstić information content (AvgIpc) is 3.69. The molecule has 7 aromatic carbocycles. The van der Waals surface area contributed by atoms with Crippen LogP contribution in [0.4, 0.5) is 0 Å². The number of aromatic nitrogens is 5. The van der Waals surface area contributed by atoms with Crippen LogP contribution in [0.25, 0.3) is 94.2 Å². The Bertz CT molecular complexity index is 2680. The zero-order chi connectivity index (χ0) is 30.2. The van der Waals surface area contributed by atoms with Crippen molar-refractivity contribution < 1.29 is 0 Å². The number of H-pyrrole nitrogens is 1. The van der Waals surface area contributed by atoms with Crippen LogP contribution in [0.3, 0.4) is 0 Å². The van der Waals surface area contributed by atoms with Gasteiger partial charge < -0.3 is 9.55 Å². The summed E-state index contributed by atoms with van der Waals surface area (Å²) < 4.78 is 2.38. The first-order chi connectivity index (χ1) is 22.8. The van der Waals surface area contributed by atoms with E-state index in [1.165, 1.54) is 48.9 Å². The van der Waals surface area contributed by atoms with Gasteiger partial charge >= 0.3 is 0 Å². The number of para-hydroxylation sites is 1. The van der Waals surface area contributed by atoms with Crippen LogP contribution in [-0.4, -0.2) is 24.5 Å². The topological polar surface area (TPSA) is 59.4 Å². The number of fused-ring (bicyclic) bond motifs is 5. The second kappa shape index (κ2) is 9.58. The molecule has 0 aliphatic carbocycles. The van der Waals surface area contributed by atoms with Crippen LogP contribution in [0, 0.1) is 0 Å². The number of benzene rings is 7. The van der Waals surface area contributed by atoms with Gasteiger partial charge in [0.1, 0.15) is 0 Å². The van der Waals surface area contributed by atoms with Crippen LogP contribution in [0.2, 0.25) is 0 Å². The fraction of sp³-hybridized carbons (Fsp3) is 0. The zero-order valence-electron chi connectivity index (χ0n) is 24.6. The van der Waals surface area contributed by atoms with Crippen molar-refractivity contribution in [2.24, 2.45) is 0 Å². The summed E-state index contributed by atoms with van der Waals surface area (Å²) in [6, 6.07) is 50.7. The molecule has 0 saturated carbocycles. The van der Waals surface area contributed by atoms with Crippen molar-refractivity contribution in [1.82, 2.24) is 24.5 Å². The minimum atomic E-state index is 0.641. The van der Waals surface area contributed by atoms with Crippen LogP contribution in [0.5, 0.6) is 0 Å². The zero-order valence-corrected chi connectivity index (χ0v) is 24.6. The van der Waals surface area contributed by atoms with E-state index >= 15 is 0 Å². The SMILES string of the molecule is c1ccc(-c2nc(-c3ccccc3)nc(-c3cccc(-n4c5cccc6c7[nH]c8ccccc8c7c7cccc4c7c65)c3)n2)cc1. The first-order valence-electron chi connectivity index (χ1n) is 15.5. The van der Waals surface area contributed by atoms with Crippen molar-refractivity contribution in [2.45, 2.75) is 0 Å². The molecule has 0 radical (unpaired) electrons. The first-order valence-corrected chi connectivity index (χ1v) is 15.5. The molecule has 5 heteroatoms. The van der Waals surface area contributed by atoms with E-state index in [4.69, 9.17) is 15.0 Å². The quantitative estimate of drug-likeness (QED) is 0.208. The Balaban J connectivity index is 1.23. The fourth-order valence-electron chi connectivity index (χ4n) is 7.15. The summed E-state index contributed by atoms with van der Waals surface area (Å²) in [6.07, 6.45) is 0. The van der Waals surface area contributed by atoms with Gasteiger partial charge in [0.25, 0.3) is 0 Å². The molecule has 0 aliphatic heterocycles. The van der Waals surface area contributed by atoms with Gasteiger partial charge in [0, 0.05) is 54.8 Å². The Morgan fingerprint density at radius 3 is 1.63 bits per heavy atom. The third kappa shape index (κ3) is 3.60. The van der Waals surface area contributed by atoms with E-state index in [1.807, 2.05) is 60.7 Å². The van der Waals surface area contributed by atoms with Gasteiger partial charge in [-0.25, -0.2) is 15.0 Å². The van der Waals surface area contributed by atoms with Crippen LogP contribution < -0.4 is 0 Å². The summed E-state index contributed by atoms with van der Waals surface area (Å²) in [7, 11) is 0. The highest BCUT2D eigenvalue weighted by Crippen LogP contribution is 2.45. The molecule has 0 atom stereocenters. The van der Waals surface area contributed by atoms with Gasteiger partial charge in [-0.05, 0) is 35.7 Å². The number of nitrogens with one attached hydrogen (secondary N) is 1. The third-order valence-corrected chi connectivity index (χ3v) is 9.12. The number of nitrogens with zero attached hydrogens (tertiary/aromatic N) is 4. The largest absolute Gasteiger partial charge is 0.354 e. The molecule has 0 spiro atoms. The second-order valence-electron chi connectivity index (χ2n) is 11.7. The molecule has 0 fully saturated rings. The number of hydrogen-bond acceptors (Lipinski definition) is 3. The Morgan fingerprint density at radius 2 is 0.935 bits per heavy atom. The molecular weight excluding hydrogens is 562 g/mol. The minimum Gasteiger partial charge on any atom is -0.354 e. The summed E-state index contributed by atoms with van der Waals surface area (Å²) in [4.78, 5) is 18.6. The molecule has 0 amide bonds. The molecule has 0 bridgehead atoms. The molecule has 10 rings (SSSR count). The summed E-state index contributed by atoms with van der Waals surface area (Å²) in [6.45, 7) is 0. The van der Waals surface area contributed by atoms with Crippen molar-refractivity contribution in [3.63, 3.8) is 0 Å². The second-order valence-corrected chi connectivity index (χ2v) is 11.7. The molecule has 46 heavy (non-hydrogen) atoms. The molecule has 5 nitrogen and oxygen atoms in total. The molecular formula is C41H25N5. The predicted octanol–water partition coefficient (Wildman–Crippen LogP) is 10.2. The monoisotopic (exact) mass is 587 g/mol. The predicted molar refractivity (Wildman–Crippen MR) is 189 cm³/mol. The van der Waals surface area contributed by atoms with E-state index in [0.29, 0.717) is 17.5 Å². The molecule has 3 aromatic heterocycles. The highest BCUT2D eigenvalue weighted by atomic mass is 15.0. The van der Waals surface area contributed by atoms with E-state index < -0.39 is 0 Å². The van der Waals surface area contributed by atoms with E-state index in [0.717, 1.165) is 27.9 Å². The molecule has 0 saturated heterocycles. The van der Waals surface area contributed by atoms with Crippen molar-refractivity contribution in [1.29, 1.82) is 0 Å². The highest BCUT2D eigenvalue weighted by Gasteiger charge is 2.22. The Hall–Kier alpha value is -6.33. The molecule has 0 unspecified atom stereocenters. The van der Waals surface area contributed by atoms with Gasteiger partial charge in [-0.15, -0.1) is 0 Å². The number of rotatable bonds is 4. The van der Waals surface area contributed by atoms with E-state index in [9.17, 15) is 0 Å². The van der Waals surface area contributed by atoms with Crippen LogP contribution in [-0.2, 0) is 0 Å². The summed E-state index contributed by atoms with van der Waals surface area (Å²) in [5.74, 6) is 1.95. The smallest absolute Gasteiger partial charge is 0.164 e. The molecule has 10 aromatic rings. The van der Waals surface area contributed by atoms with Crippen molar-refractivity contribution in [2.75, 3.05) is 0 Å². The number of aromatic amines is 1. The van der Waals surface area contributed by atoms with Gasteiger partial charge in [-0.2, -0.15) is 0 Å². The maximum absolute atomic E-state index is 5.00. The van der Waals surface area contributed by atoms with Gasteiger partial charge in [0.2, 0.25) is 0 Å². The molecule has 0 aliphatic rings. The Labute approximate surface area is 263 Å². The lowest BCUT2D eigenvalue weighted by molar-refractivity contribution is 1.07. The van der Waals surface area contributed by atoms with Crippen LogP contribution in [0.1, 0.15) is 0 Å². The summed E-state index contributed by atoms with van der Waals surface area (Å²) in [5.41, 5.74) is 8.60. The van der Waals surface area contributed by atoms with Crippen molar-refractivity contribution >= 4 is 54.4 Å². The Morgan fingerprint density at radius 1 is 0.413 bits per heavy atom. The minimum absolute atomic E-state index is 0.641. The van der Waals surface area contributed by atoms with Gasteiger partial charge in [-0.1, -0.05) is 115 Å². The van der Waals surface area contributed by atoms with Crippen LogP contribution in [0.15, 0.2) is 146 Å². The number of hydrogen-bond donors (Lipinski definition) is 1. The van der Waals surface area contributed by atoms with Gasteiger partial charge in [0.05, 0.1) is 16.6 Å². The van der Waals surface area contributed by atoms with Gasteiger partial charge in [0.15, 0.2) is 17.5 Å². The third-order valence-electron chi connectivity index (χ3n) is 9.12. The lowest BCUT2D eigenvalue weighted by Gasteiger charge is -2.11. The summed E-state index contributed by atoms with van der Waals surface area (Å²) in [5, 5.41) is 7.59. The summed E-state index contributed by atoms with van der Waals surface area (Å²) >= 11 is 0. The standard InChI is InChI=1S/C41H25N5/c1-3-12-25(13-4-1)39-43-40(26-14-5-2-6-15-26)45-41(44-39)27-16-9-17-28(24-27)46-33-22-10-19-30-35-29-18-7-8-21-32(29)42-38(35)31-20-11-23-34(46)37(31)36(30)33/h1-24,42H. The van der Waals surface area contributed by atoms with E-state index in [-0.39, 0.29) is 0 Å². The lowest BCUT2D eigenvalue weighted by Crippen LogP contribution is -2.01. The normalized spacial score (nSPS) is 11.9. The first kappa shape index (κ1) is 25.0. The lowest BCUT2D eigenvalue weighted by atomic mass is 9.97. The van der Waals surface area contributed by atoms with E-state index in [1.54, 1.807) is 0 Å². The Kier molecular flexibility index (Phi) is 5.22. The van der Waals surface area contributed by atoms with Crippen molar-refractivity contribution in [3.05, 3.63) is 146 Å². The van der Waals surface area contributed by atoms with Gasteiger partial charge in [-0.3, -0.25) is 0 Å². The maximum Gasteiger partial charge on any atom is 0.164 e. The maximum atomic E-state index is 5.00. The van der Waals surface area contributed by atoms with Crippen LogP contribution >= 0.6 is 0 Å². The average molecular weight is 588 g/mol. The van der Waals surface area contributed by atoms with E-state index in [2.05, 4.69) is 94.5 Å².